The molecular weight excluding hydrogens is 434 g/mol. The Balaban J connectivity index is 1.39. The highest BCUT2D eigenvalue weighted by Gasteiger charge is 2.25. The molecule has 0 radical (unpaired) electrons. The number of amides is 2. The van der Waals surface area contributed by atoms with Crippen molar-refractivity contribution in [3.05, 3.63) is 48.2 Å². The lowest BCUT2D eigenvalue weighted by molar-refractivity contribution is 0.0767. The van der Waals surface area contributed by atoms with Gasteiger partial charge in [0.25, 0.3) is 5.91 Å². The molecule has 1 fully saturated rings. The van der Waals surface area contributed by atoms with E-state index >= 15 is 0 Å². The van der Waals surface area contributed by atoms with Gasteiger partial charge in [0, 0.05) is 25.0 Å². The maximum atomic E-state index is 12.9. The number of aryl methyl sites for hydroxylation is 1. The van der Waals surface area contributed by atoms with Crippen molar-refractivity contribution >= 4 is 40.0 Å². The average Bonchev–Trinajstić information content (AvgIpc) is 3.16. The second kappa shape index (κ2) is 9.56. The number of hydrogen-bond acceptors (Lipinski definition) is 9. The first-order chi connectivity index (χ1) is 15.5. The standard InChI is InChI=1S/C20H21N7O4S/c1-12-17(19(32-26-12)25-15-10-21-6-7-22-15)18(28)24-13-4-5-16(23-9-13)31-14-3-2-8-27(11-14)20(29)30/h4-7,9-10,14H,2-3,8,11H2,1H3,(H,22,25)(H,24,28)(H,29,30). The van der Waals surface area contributed by atoms with E-state index in [0.717, 1.165) is 24.4 Å². The molecule has 1 aliphatic rings. The van der Waals surface area contributed by atoms with Crippen molar-refractivity contribution in [2.75, 3.05) is 23.7 Å². The van der Waals surface area contributed by atoms with Gasteiger partial charge in [0.15, 0.2) is 0 Å². The van der Waals surface area contributed by atoms with Crippen LogP contribution in [-0.2, 0) is 0 Å². The molecule has 166 valence electrons. The monoisotopic (exact) mass is 455 g/mol. The number of hydrogen-bond donors (Lipinski definition) is 3. The van der Waals surface area contributed by atoms with E-state index in [1.54, 1.807) is 37.6 Å². The fourth-order valence-electron chi connectivity index (χ4n) is 3.30. The van der Waals surface area contributed by atoms with Gasteiger partial charge in [-0.05, 0) is 37.4 Å². The Labute approximate surface area is 187 Å². The molecule has 1 unspecified atom stereocenters. The second-order valence-corrected chi connectivity index (χ2v) is 7.91. The molecule has 11 nitrogen and oxygen atoms in total. The van der Waals surface area contributed by atoms with Gasteiger partial charge in [0.2, 0.25) is 5.88 Å². The van der Waals surface area contributed by atoms with Crippen molar-refractivity contribution in [2.24, 2.45) is 0 Å². The maximum absolute atomic E-state index is 12.9. The van der Waals surface area contributed by atoms with Crippen molar-refractivity contribution in [1.82, 2.24) is 24.2 Å². The van der Waals surface area contributed by atoms with Gasteiger partial charge < -0.3 is 25.4 Å². The van der Waals surface area contributed by atoms with Gasteiger partial charge in [-0.1, -0.05) is 0 Å². The highest BCUT2D eigenvalue weighted by atomic mass is 32.1. The molecule has 0 saturated carbocycles. The number of anilines is 3. The highest BCUT2D eigenvalue weighted by molar-refractivity contribution is 7.10. The molecule has 3 aromatic rings. The summed E-state index contributed by atoms with van der Waals surface area (Å²) in [4.78, 5) is 37.7. The summed E-state index contributed by atoms with van der Waals surface area (Å²) >= 11 is 1.16. The van der Waals surface area contributed by atoms with Crippen LogP contribution in [-0.4, -0.2) is 60.5 Å². The Hall–Kier alpha value is -3.80. The van der Waals surface area contributed by atoms with Crippen LogP contribution < -0.4 is 15.4 Å². The topological polar surface area (TPSA) is 142 Å². The minimum absolute atomic E-state index is 0.248. The molecular formula is C20H21N7O4S. The van der Waals surface area contributed by atoms with E-state index in [-0.39, 0.29) is 12.0 Å². The first-order valence-corrected chi connectivity index (χ1v) is 10.7. The zero-order chi connectivity index (χ0) is 22.5. The molecule has 1 saturated heterocycles. The number of likely N-dealkylation sites (tertiary alicyclic amines) is 1. The summed E-state index contributed by atoms with van der Waals surface area (Å²) in [7, 11) is 0. The first kappa shape index (κ1) is 21.4. The van der Waals surface area contributed by atoms with E-state index in [0.29, 0.717) is 46.7 Å². The molecule has 32 heavy (non-hydrogen) atoms. The van der Waals surface area contributed by atoms with E-state index in [1.165, 1.54) is 11.1 Å². The van der Waals surface area contributed by atoms with E-state index in [1.807, 2.05) is 0 Å². The lowest BCUT2D eigenvalue weighted by atomic mass is 10.1. The predicted molar refractivity (Wildman–Crippen MR) is 118 cm³/mol. The zero-order valence-corrected chi connectivity index (χ0v) is 18.0. The van der Waals surface area contributed by atoms with E-state index in [4.69, 9.17) is 9.84 Å². The van der Waals surface area contributed by atoms with Crippen molar-refractivity contribution in [1.29, 1.82) is 0 Å². The molecule has 1 atom stereocenters. The van der Waals surface area contributed by atoms with Gasteiger partial charge in [0.1, 0.15) is 16.9 Å². The van der Waals surface area contributed by atoms with Crippen molar-refractivity contribution in [3.63, 3.8) is 0 Å². The predicted octanol–water partition coefficient (Wildman–Crippen LogP) is 3.15. The quantitative estimate of drug-likeness (QED) is 0.511. The van der Waals surface area contributed by atoms with Gasteiger partial charge in [-0.3, -0.25) is 9.78 Å². The molecule has 0 aromatic carbocycles. The maximum Gasteiger partial charge on any atom is 0.407 e. The Morgan fingerprint density at radius 2 is 2.12 bits per heavy atom. The van der Waals surface area contributed by atoms with Gasteiger partial charge in [0.05, 0.1) is 35.9 Å². The van der Waals surface area contributed by atoms with Crippen molar-refractivity contribution < 1.29 is 19.4 Å². The summed E-state index contributed by atoms with van der Waals surface area (Å²) in [6.07, 6.45) is 6.47. The van der Waals surface area contributed by atoms with Crippen LogP contribution in [0.25, 0.3) is 0 Å². The van der Waals surface area contributed by atoms with Gasteiger partial charge in [-0.25, -0.2) is 14.8 Å². The Morgan fingerprint density at radius 1 is 1.25 bits per heavy atom. The second-order valence-electron chi connectivity index (χ2n) is 7.14. The number of pyridine rings is 1. The highest BCUT2D eigenvalue weighted by Crippen LogP contribution is 2.28. The Morgan fingerprint density at radius 3 is 2.84 bits per heavy atom. The van der Waals surface area contributed by atoms with E-state index < -0.39 is 6.09 Å². The van der Waals surface area contributed by atoms with Crippen LogP contribution in [0.3, 0.4) is 0 Å². The zero-order valence-electron chi connectivity index (χ0n) is 17.2. The number of nitrogens with one attached hydrogen (secondary N) is 2. The van der Waals surface area contributed by atoms with Crippen molar-refractivity contribution in [2.45, 2.75) is 25.9 Å². The molecule has 4 rings (SSSR count). The average molecular weight is 456 g/mol. The Kier molecular flexibility index (Phi) is 6.40. The number of ether oxygens (including phenoxy) is 1. The van der Waals surface area contributed by atoms with Crippen LogP contribution in [0.2, 0.25) is 0 Å². The molecule has 3 N–H and O–H groups in total. The molecule has 4 heterocycles. The fraction of sp³-hybridized carbons (Fsp3) is 0.300. The summed E-state index contributed by atoms with van der Waals surface area (Å²) < 4.78 is 10.1. The number of carbonyl (C=O) groups is 2. The summed E-state index contributed by atoms with van der Waals surface area (Å²) in [6, 6.07) is 3.33. The minimum Gasteiger partial charge on any atom is -0.472 e. The molecule has 0 bridgehead atoms. The van der Waals surface area contributed by atoms with Gasteiger partial charge >= 0.3 is 6.09 Å². The van der Waals surface area contributed by atoms with Gasteiger partial charge in [-0.15, -0.1) is 0 Å². The fourth-order valence-corrected chi connectivity index (χ4v) is 4.10. The number of carboxylic acid groups (broad SMARTS) is 1. The third-order valence-corrected chi connectivity index (χ3v) is 5.68. The first-order valence-electron chi connectivity index (χ1n) is 9.91. The summed E-state index contributed by atoms with van der Waals surface area (Å²) in [6.45, 7) is 2.58. The molecule has 0 spiro atoms. The third kappa shape index (κ3) is 5.09. The molecule has 2 amide bonds. The summed E-state index contributed by atoms with van der Waals surface area (Å²) in [5, 5.41) is 15.6. The van der Waals surface area contributed by atoms with Crippen molar-refractivity contribution in [3.8, 4) is 5.88 Å². The number of nitrogens with zero attached hydrogens (tertiary/aromatic N) is 5. The Bertz CT molecular complexity index is 1090. The SMILES string of the molecule is Cc1nsc(Nc2cnccn2)c1C(=O)Nc1ccc(OC2CCCN(C(=O)O)C2)nc1. The van der Waals surface area contributed by atoms with Crippen LogP contribution in [0.4, 0.5) is 21.3 Å². The molecule has 0 aliphatic carbocycles. The smallest absolute Gasteiger partial charge is 0.407 e. The van der Waals surface area contributed by atoms with Crippen LogP contribution in [0, 0.1) is 6.92 Å². The minimum atomic E-state index is -0.948. The van der Waals surface area contributed by atoms with Crippen LogP contribution >= 0.6 is 11.5 Å². The van der Waals surface area contributed by atoms with Crippen LogP contribution in [0.5, 0.6) is 5.88 Å². The normalized spacial score (nSPS) is 15.8. The van der Waals surface area contributed by atoms with E-state index in [2.05, 4.69) is 30.0 Å². The third-order valence-electron chi connectivity index (χ3n) is 4.82. The largest absolute Gasteiger partial charge is 0.472 e. The van der Waals surface area contributed by atoms with Gasteiger partial charge in [-0.2, -0.15) is 4.37 Å². The lowest BCUT2D eigenvalue weighted by Crippen LogP contribution is -2.43. The number of carbonyl (C=O) groups excluding carboxylic acids is 1. The lowest BCUT2D eigenvalue weighted by Gasteiger charge is -2.30. The van der Waals surface area contributed by atoms with Crippen LogP contribution in [0.1, 0.15) is 28.9 Å². The molecule has 1 aliphatic heterocycles. The number of aromatic nitrogens is 4. The number of rotatable bonds is 6. The molecule has 3 aromatic heterocycles. The van der Waals surface area contributed by atoms with Crippen LogP contribution in [0.15, 0.2) is 36.9 Å². The number of piperidine rings is 1. The summed E-state index contributed by atoms with van der Waals surface area (Å²) in [5.74, 6) is 0.554. The van der Waals surface area contributed by atoms with E-state index in [9.17, 15) is 9.59 Å². The summed E-state index contributed by atoms with van der Waals surface area (Å²) in [5.41, 5.74) is 1.50. The molecule has 12 heteroatoms.